The predicted molar refractivity (Wildman–Crippen MR) is 77.4 cm³/mol. The molecule has 1 fully saturated rings. The molecule has 1 aromatic rings. The van der Waals surface area contributed by atoms with Crippen molar-refractivity contribution >= 4 is 27.1 Å². The molecule has 2 unspecified atom stereocenters. The van der Waals surface area contributed by atoms with E-state index < -0.39 is 9.84 Å². The van der Waals surface area contributed by atoms with Crippen molar-refractivity contribution < 1.29 is 13.2 Å². The minimum absolute atomic E-state index is 0.118. The monoisotopic (exact) mass is 303 g/mol. The van der Waals surface area contributed by atoms with Gasteiger partial charge in [0.1, 0.15) is 21.7 Å². The van der Waals surface area contributed by atoms with Gasteiger partial charge in [-0.1, -0.05) is 11.6 Å². The van der Waals surface area contributed by atoms with Crippen LogP contribution in [-0.4, -0.2) is 26.0 Å². The second-order valence-electron chi connectivity index (χ2n) is 5.05. The minimum Gasteiger partial charge on any atom is -0.489 e. The summed E-state index contributed by atoms with van der Waals surface area (Å²) < 4.78 is 29.0. The van der Waals surface area contributed by atoms with Gasteiger partial charge in [-0.3, -0.25) is 0 Å². The van der Waals surface area contributed by atoms with Crippen molar-refractivity contribution in [2.75, 3.05) is 12.0 Å². The lowest BCUT2D eigenvalue weighted by atomic mass is 9.97. The Kier molecular flexibility index (Phi) is 4.26. The summed E-state index contributed by atoms with van der Waals surface area (Å²) in [6.07, 6.45) is 4.09. The van der Waals surface area contributed by atoms with E-state index in [-0.39, 0.29) is 11.4 Å². The topological polar surface area (TPSA) is 69.4 Å². The lowest BCUT2D eigenvalue weighted by Gasteiger charge is -2.28. The number of ether oxygens (including phenoxy) is 1. The molecular formula is C13H18ClNO3S. The predicted octanol–water partition coefficient (Wildman–Crippen LogP) is 2.66. The van der Waals surface area contributed by atoms with Gasteiger partial charge in [-0.25, -0.2) is 8.42 Å². The quantitative estimate of drug-likeness (QED) is 0.872. The van der Waals surface area contributed by atoms with E-state index >= 15 is 0 Å². The van der Waals surface area contributed by atoms with Crippen molar-refractivity contribution in [3.63, 3.8) is 0 Å². The van der Waals surface area contributed by atoms with Crippen molar-refractivity contribution in [3.05, 3.63) is 23.2 Å². The number of rotatable bonds is 3. The zero-order chi connectivity index (χ0) is 14.0. The van der Waals surface area contributed by atoms with Gasteiger partial charge in [0.25, 0.3) is 0 Å². The van der Waals surface area contributed by atoms with Crippen LogP contribution in [0.5, 0.6) is 5.75 Å². The van der Waals surface area contributed by atoms with E-state index in [0.29, 0.717) is 29.3 Å². The molecule has 0 saturated heterocycles. The summed E-state index contributed by atoms with van der Waals surface area (Å²) >= 11 is 6.04. The van der Waals surface area contributed by atoms with Crippen molar-refractivity contribution in [3.8, 4) is 5.75 Å². The van der Waals surface area contributed by atoms with Crippen LogP contribution < -0.4 is 10.5 Å². The highest BCUT2D eigenvalue weighted by Gasteiger charge is 2.30. The summed E-state index contributed by atoms with van der Waals surface area (Å²) in [6, 6.07) is 5.06. The van der Waals surface area contributed by atoms with E-state index in [2.05, 4.69) is 0 Å². The second-order valence-corrected chi connectivity index (χ2v) is 7.78. The van der Waals surface area contributed by atoms with Gasteiger partial charge in [0.2, 0.25) is 0 Å². The molecule has 2 atom stereocenters. The number of nitrogen functional groups attached to an aromatic ring is 1. The SMILES string of the molecule is CS(=O)(=O)C1CCCC(Oc2cc(N)ccc2Cl)C1. The Morgan fingerprint density at radius 3 is 2.79 bits per heavy atom. The second kappa shape index (κ2) is 5.59. The lowest BCUT2D eigenvalue weighted by Crippen LogP contribution is -2.33. The van der Waals surface area contributed by atoms with Crippen molar-refractivity contribution in [1.29, 1.82) is 0 Å². The average molecular weight is 304 g/mol. The highest BCUT2D eigenvalue weighted by Crippen LogP contribution is 2.32. The Morgan fingerprint density at radius 2 is 2.11 bits per heavy atom. The van der Waals surface area contributed by atoms with Gasteiger partial charge < -0.3 is 10.5 Å². The molecule has 0 aliphatic heterocycles. The third kappa shape index (κ3) is 3.76. The fraction of sp³-hybridized carbons (Fsp3) is 0.538. The largest absolute Gasteiger partial charge is 0.489 e. The van der Waals surface area contributed by atoms with Gasteiger partial charge >= 0.3 is 0 Å². The van der Waals surface area contributed by atoms with Crippen LogP contribution in [0.15, 0.2) is 18.2 Å². The van der Waals surface area contributed by atoms with Gasteiger partial charge in [0.05, 0.1) is 10.3 Å². The maximum Gasteiger partial charge on any atom is 0.150 e. The third-order valence-corrected chi connectivity index (χ3v) is 5.38. The Labute approximate surface area is 118 Å². The van der Waals surface area contributed by atoms with Crippen LogP contribution in [-0.2, 0) is 9.84 Å². The van der Waals surface area contributed by atoms with Crippen molar-refractivity contribution in [2.24, 2.45) is 0 Å². The normalized spacial score (nSPS) is 24.1. The number of hydrogen-bond acceptors (Lipinski definition) is 4. The van der Waals surface area contributed by atoms with Crippen LogP contribution in [0, 0.1) is 0 Å². The van der Waals surface area contributed by atoms with Crippen LogP contribution >= 0.6 is 11.6 Å². The highest BCUT2D eigenvalue weighted by molar-refractivity contribution is 7.91. The first-order chi connectivity index (χ1) is 8.86. The molecule has 6 heteroatoms. The summed E-state index contributed by atoms with van der Waals surface area (Å²) in [5.41, 5.74) is 6.27. The molecule has 0 amide bonds. The van der Waals surface area contributed by atoms with E-state index in [9.17, 15) is 8.42 Å². The van der Waals surface area contributed by atoms with Crippen LogP contribution in [0.2, 0.25) is 5.02 Å². The van der Waals surface area contributed by atoms with E-state index in [1.54, 1.807) is 18.2 Å². The first-order valence-electron chi connectivity index (χ1n) is 6.27. The fourth-order valence-electron chi connectivity index (χ4n) is 2.39. The van der Waals surface area contributed by atoms with Gasteiger partial charge in [0, 0.05) is 24.4 Å². The maximum atomic E-state index is 11.6. The van der Waals surface area contributed by atoms with E-state index in [0.717, 1.165) is 12.8 Å². The van der Waals surface area contributed by atoms with Crippen LogP contribution in [0.3, 0.4) is 0 Å². The smallest absolute Gasteiger partial charge is 0.150 e. The molecule has 106 valence electrons. The van der Waals surface area contributed by atoms with Gasteiger partial charge in [-0.05, 0) is 31.4 Å². The number of halogens is 1. The van der Waals surface area contributed by atoms with E-state index in [1.165, 1.54) is 6.26 Å². The summed E-state index contributed by atoms with van der Waals surface area (Å²) in [7, 11) is -3.01. The number of nitrogens with two attached hydrogens (primary N) is 1. The Hall–Kier alpha value is -0.940. The molecule has 0 aromatic heterocycles. The molecule has 0 spiro atoms. The molecule has 4 nitrogen and oxygen atoms in total. The van der Waals surface area contributed by atoms with E-state index in [4.69, 9.17) is 22.1 Å². The van der Waals surface area contributed by atoms with Crippen LogP contribution in [0.4, 0.5) is 5.69 Å². The molecule has 2 rings (SSSR count). The molecular weight excluding hydrogens is 286 g/mol. The molecule has 1 aliphatic rings. The number of sulfone groups is 1. The molecule has 0 bridgehead atoms. The first kappa shape index (κ1) is 14.5. The maximum absolute atomic E-state index is 11.6. The summed E-state index contributed by atoms with van der Waals surface area (Å²) in [6.45, 7) is 0. The molecule has 1 aliphatic carbocycles. The zero-order valence-electron chi connectivity index (χ0n) is 10.8. The van der Waals surface area contributed by atoms with Gasteiger partial charge in [-0.15, -0.1) is 0 Å². The molecule has 1 saturated carbocycles. The van der Waals surface area contributed by atoms with Crippen molar-refractivity contribution in [2.45, 2.75) is 37.0 Å². The third-order valence-electron chi connectivity index (χ3n) is 3.43. The Morgan fingerprint density at radius 1 is 1.37 bits per heavy atom. The lowest BCUT2D eigenvalue weighted by molar-refractivity contribution is 0.156. The number of benzene rings is 1. The minimum atomic E-state index is -3.01. The molecule has 19 heavy (non-hydrogen) atoms. The standard InChI is InChI=1S/C13H18ClNO3S/c1-19(16,17)11-4-2-3-10(8-11)18-13-7-9(15)5-6-12(13)14/h5-7,10-11H,2-4,8,15H2,1H3. The summed E-state index contributed by atoms with van der Waals surface area (Å²) in [5.74, 6) is 0.529. The van der Waals surface area contributed by atoms with Crippen molar-refractivity contribution in [1.82, 2.24) is 0 Å². The Bertz CT molecular complexity index is 559. The fourth-order valence-corrected chi connectivity index (χ4v) is 3.71. The molecule has 1 aromatic carbocycles. The average Bonchev–Trinajstić information content (AvgIpc) is 2.33. The molecule has 2 N–H and O–H groups in total. The van der Waals surface area contributed by atoms with E-state index in [1.807, 2.05) is 0 Å². The highest BCUT2D eigenvalue weighted by atomic mass is 35.5. The molecule has 0 radical (unpaired) electrons. The number of hydrogen-bond donors (Lipinski definition) is 1. The number of anilines is 1. The van der Waals surface area contributed by atoms with Gasteiger partial charge in [-0.2, -0.15) is 0 Å². The summed E-state index contributed by atoms with van der Waals surface area (Å²) in [4.78, 5) is 0. The summed E-state index contributed by atoms with van der Waals surface area (Å²) in [5, 5.41) is 0.182. The Balaban J connectivity index is 2.09. The van der Waals surface area contributed by atoms with Crippen LogP contribution in [0.25, 0.3) is 0 Å². The first-order valence-corrected chi connectivity index (χ1v) is 8.60. The van der Waals surface area contributed by atoms with Gasteiger partial charge in [0.15, 0.2) is 0 Å². The zero-order valence-corrected chi connectivity index (χ0v) is 12.4. The van der Waals surface area contributed by atoms with Crippen LogP contribution in [0.1, 0.15) is 25.7 Å². The molecule has 0 heterocycles.